The minimum absolute atomic E-state index is 0.249. The van der Waals surface area contributed by atoms with E-state index in [2.05, 4.69) is 0 Å². The van der Waals surface area contributed by atoms with Gasteiger partial charge in [0.15, 0.2) is 0 Å². The van der Waals surface area contributed by atoms with Crippen molar-refractivity contribution in [3.63, 3.8) is 0 Å². The molecule has 1 atom stereocenters. The second kappa shape index (κ2) is 5.23. The minimum Gasteiger partial charge on any atom is -0.444 e. The highest BCUT2D eigenvalue weighted by atomic mass is 16.7. The summed E-state index contributed by atoms with van der Waals surface area (Å²) < 4.78 is 15.8. The normalized spacial score (nSPS) is 25.1. The Morgan fingerprint density at radius 2 is 2.06 bits per heavy atom. The number of nitrogens with zero attached hydrogens (tertiary/aromatic N) is 1. The van der Waals surface area contributed by atoms with Crippen LogP contribution < -0.4 is 0 Å². The van der Waals surface area contributed by atoms with Gasteiger partial charge in [0, 0.05) is 13.7 Å². The molecule has 0 saturated carbocycles. The van der Waals surface area contributed by atoms with Gasteiger partial charge < -0.3 is 19.1 Å². The number of hydrogen-bond donors (Lipinski definition) is 0. The van der Waals surface area contributed by atoms with Crippen molar-refractivity contribution >= 4 is 6.09 Å². The van der Waals surface area contributed by atoms with E-state index in [9.17, 15) is 4.79 Å². The molecule has 100 valence electrons. The SMILES string of the molecule is COCOC1(C)CCN(C(=O)OC(C)(C)C)C1. The number of methoxy groups -OCH3 is 1. The summed E-state index contributed by atoms with van der Waals surface area (Å²) in [5.74, 6) is 0. The summed E-state index contributed by atoms with van der Waals surface area (Å²) in [4.78, 5) is 13.5. The van der Waals surface area contributed by atoms with Crippen molar-refractivity contribution in [2.75, 3.05) is 27.0 Å². The summed E-state index contributed by atoms with van der Waals surface area (Å²) in [6, 6.07) is 0. The second-order valence-electron chi connectivity index (χ2n) is 5.65. The van der Waals surface area contributed by atoms with Crippen LogP contribution in [0, 0.1) is 0 Å². The second-order valence-corrected chi connectivity index (χ2v) is 5.65. The van der Waals surface area contributed by atoms with Crippen LogP contribution in [0.4, 0.5) is 4.79 Å². The molecule has 1 heterocycles. The molecule has 0 aromatic heterocycles. The highest BCUT2D eigenvalue weighted by Crippen LogP contribution is 2.26. The first-order valence-corrected chi connectivity index (χ1v) is 5.87. The first kappa shape index (κ1) is 14.3. The van der Waals surface area contributed by atoms with Gasteiger partial charge in [-0.3, -0.25) is 0 Å². The molecule has 1 unspecified atom stereocenters. The Balaban J connectivity index is 2.47. The molecule has 1 rings (SSSR count). The average Bonchev–Trinajstić information content (AvgIpc) is 2.56. The van der Waals surface area contributed by atoms with Gasteiger partial charge in [-0.15, -0.1) is 0 Å². The van der Waals surface area contributed by atoms with Crippen molar-refractivity contribution in [1.29, 1.82) is 0 Å². The third kappa shape index (κ3) is 4.52. The van der Waals surface area contributed by atoms with Crippen LogP contribution in [0.1, 0.15) is 34.1 Å². The highest BCUT2D eigenvalue weighted by molar-refractivity contribution is 5.68. The lowest BCUT2D eigenvalue weighted by Gasteiger charge is -2.27. The molecule has 5 nitrogen and oxygen atoms in total. The Hall–Kier alpha value is -0.810. The monoisotopic (exact) mass is 245 g/mol. The average molecular weight is 245 g/mol. The van der Waals surface area contributed by atoms with E-state index in [0.717, 1.165) is 6.42 Å². The fourth-order valence-corrected chi connectivity index (χ4v) is 1.73. The van der Waals surface area contributed by atoms with Crippen LogP contribution >= 0.6 is 0 Å². The van der Waals surface area contributed by atoms with Gasteiger partial charge in [0.25, 0.3) is 0 Å². The lowest BCUT2D eigenvalue weighted by molar-refractivity contribution is -0.116. The molecule has 0 aromatic rings. The molecule has 1 fully saturated rings. The molecule has 5 heteroatoms. The first-order valence-electron chi connectivity index (χ1n) is 5.87. The Bertz CT molecular complexity index is 274. The number of carbonyl (C=O) groups is 1. The number of rotatable bonds is 3. The number of hydrogen-bond acceptors (Lipinski definition) is 4. The zero-order valence-electron chi connectivity index (χ0n) is 11.4. The smallest absolute Gasteiger partial charge is 0.410 e. The van der Waals surface area contributed by atoms with Crippen LogP contribution in [0.15, 0.2) is 0 Å². The molecule has 1 saturated heterocycles. The highest BCUT2D eigenvalue weighted by Gasteiger charge is 2.38. The van der Waals surface area contributed by atoms with Gasteiger partial charge in [0.1, 0.15) is 12.4 Å². The fraction of sp³-hybridized carbons (Fsp3) is 0.917. The third-order valence-electron chi connectivity index (χ3n) is 2.61. The van der Waals surface area contributed by atoms with Crippen LogP contribution in [-0.4, -0.2) is 49.2 Å². The molecular formula is C12H23NO4. The van der Waals surface area contributed by atoms with Crippen LogP contribution in [0.5, 0.6) is 0 Å². The van der Waals surface area contributed by atoms with Crippen molar-refractivity contribution in [1.82, 2.24) is 4.90 Å². The number of amides is 1. The fourth-order valence-electron chi connectivity index (χ4n) is 1.73. The number of carbonyl (C=O) groups excluding carboxylic acids is 1. The molecule has 1 aliphatic rings. The number of likely N-dealkylation sites (tertiary alicyclic amines) is 1. The van der Waals surface area contributed by atoms with E-state index in [4.69, 9.17) is 14.2 Å². The zero-order chi connectivity index (χ0) is 13.1. The maximum Gasteiger partial charge on any atom is 0.410 e. The van der Waals surface area contributed by atoms with Gasteiger partial charge in [-0.1, -0.05) is 0 Å². The molecule has 0 radical (unpaired) electrons. The van der Waals surface area contributed by atoms with Gasteiger partial charge >= 0.3 is 6.09 Å². The van der Waals surface area contributed by atoms with Crippen LogP contribution in [0.2, 0.25) is 0 Å². The van der Waals surface area contributed by atoms with Crippen molar-refractivity contribution in [3.05, 3.63) is 0 Å². The van der Waals surface area contributed by atoms with Crippen LogP contribution in [0.3, 0.4) is 0 Å². The summed E-state index contributed by atoms with van der Waals surface area (Å²) in [5.41, 5.74) is -0.781. The Kier molecular flexibility index (Phi) is 4.38. The van der Waals surface area contributed by atoms with Crippen molar-refractivity contribution < 1.29 is 19.0 Å². The summed E-state index contributed by atoms with van der Waals surface area (Å²) in [6.07, 6.45) is 0.525. The topological polar surface area (TPSA) is 48.0 Å². The third-order valence-corrected chi connectivity index (χ3v) is 2.61. The van der Waals surface area contributed by atoms with Crippen LogP contribution in [0.25, 0.3) is 0 Å². The van der Waals surface area contributed by atoms with E-state index in [0.29, 0.717) is 13.1 Å². The van der Waals surface area contributed by atoms with Gasteiger partial charge in [0.2, 0.25) is 0 Å². The van der Waals surface area contributed by atoms with E-state index >= 15 is 0 Å². The lowest BCUT2D eigenvalue weighted by atomic mass is 10.1. The standard InChI is InChI=1S/C12H23NO4/c1-11(2,3)17-10(14)13-7-6-12(4,8-13)16-9-15-5/h6-9H2,1-5H3. The summed E-state index contributed by atoms with van der Waals surface area (Å²) in [5, 5.41) is 0. The maximum atomic E-state index is 11.8. The molecule has 0 N–H and O–H groups in total. The quantitative estimate of drug-likeness (QED) is 0.714. The zero-order valence-corrected chi connectivity index (χ0v) is 11.4. The van der Waals surface area contributed by atoms with E-state index in [-0.39, 0.29) is 18.5 Å². The predicted octanol–water partition coefficient (Wildman–Crippen LogP) is 2.01. The van der Waals surface area contributed by atoms with E-state index in [1.54, 1.807) is 12.0 Å². The van der Waals surface area contributed by atoms with E-state index < -0.39 is 5.60 Å². The maximum absolute atomic E-state index is 11.8. The first-order chi connectivity index (χ1) is 7.76. The molecule has 0 bridgehead atoms. The van der Waals surface area contributed by atoms with Crippen molar-refractivity contribution in [3.8, 4) is 0 Å². The molecule has 0 spiro atoms. The van der Waals surface area contributed by atoms with Crippen molar-refractivity contribution in [2.45, 2.75) is 45.3 Å². The van der Waals surface area contributed by atoms with Gasteiger partial charge in [-0.2, -0.15) is 0 Å². The molecule has 1 aliphatic heterocycles. The summed E-state index contributed by atoms with van der Waals surface area (Å²) >= 11 is 0. The number of ether oxygens (including phenoxy) is 3. The lowest BCUT2D eigenvalue weighted by Crippen LogP contribution is -2.39. The summed E-state index contributed by atoms with van der Waals surface area (Å²) in [6.45, 7) is 9.03. The molecule has 17 heavy (non-hydrogen) atoms. The predicted molar refractivity (Wildman–Crippen MR) is 63.8 cm³/mol. The Morgan fingerprint density at radius 3 is 2.59 bits per heavy atom. The van der Waals surface area contributed by atoms with E-state index in [1.165, 1.54) is 0 Å². The van der Waals surface area contributed by atoms with Gasteiger partial charge in [-0.25, -0.2) is 4.79 Å². The Morgan fingerprint density at radius 1 is 1.41 bits per heavy atom. The van der Waals surface area contributed by atoms with Gasteiger partial charge in [-0.05, 0) is 34.1 Å². The molecular weight excluding hydrogens is 222 g/mol. The van der Waals surface area contributed by atoms with Gasteiger partial charge in [0.05, 0.1) is 12.1 Å². The molecule has 0 aromatic carbocycles. The largest absolute Gasteiger partial charge is 0.444 e. The molecule has 1 amide bonds. The van der Waals surface area contributed by atoms with Crippen LogP contribution in [-0.2, 0) is 14.2 Å². The summed E-state index contributed by atoms with van der Waals surface area (Å²) in [7, 11) is 1.59. The van der Waals surface area contributed by atoms with E-state index in [1.807, 2.05) is 27.7 Å². The minimum atomic E-state index is -0.455. The Labute approximate surface area is 103 Å². The molecule has 0 aliphatic carbocycles. The van der Waals surface area contributed by atoms with Crippen molar-refractivity contribution in [2.24, 2.45) is 0 Å².